The van der Waals surface area contributed by atoms with E-state index in [1.165, 1.54) is 17.2 Å². The van der Waals surface area contributed by atoms with Crippen LogP contribution in [0.5, 0.6) is 0 Å². The number of aromatic amines is 1. The number of ketones is 1. The van der Waals surface area contributed by atoms with Crippen LogP contribution in [0.15, 0.2) is 66.1 Å². The van der Waals surface area contributed by atoms with Crippen molar-refractivity contribution < 1.29 is 9.00 Å². The van der Waals surface area contributed by atoms with E-state index in [1.54, 1.807) is 0 Å². The first-order chi connectivity index (χ1) is 12.6. The van der Waals surface area contributed by atoms with Crippen molar-refractivity contribution in [2.24, 2.45) is 0 Å². The lowest BCUT2D eigenvalue weighted by Crippen LogP contribution is -2.13. The van der Waals surface area contributed by atoms with E-state index in [0.717, 1.165) is 22.2 Å². The molecule has 1 N–H and O–H groups in total. The zero-order chi connectivity index (χ0) is 18.1. The standard InChI is InChI=1S/C19H16N4O2S/c1-26(25)19-22-20-12-23(19)11-16(24)17-14-9-5-6-10-15(14)21-18(17)13-7-3-2-4-8-13/h2-10,12,21H,11H2,1H3/t26-/m1/s1. The van der Waals surface area contributed by atoms with Crippen LogP contribution in [0.4, 0.5) is 0 Å². The third kappa shape index (κ3) is 2.86. The highest BCUT2D eigenvalue weighted by Crippen LogP contribution is 2.31. The third-order valence-corrected chi connectivity index (χ3v) is 5.03. The Kier molecular flexibility index (Phi) is 4.22. The minimum absolute atomic E-state index is 0.0313. The quantitative estimate of drug-likeness (QED) is 0.552. The fourth-order valence-electron chi connectivity index (χ4n) is 3.06. The van der Waals surface area contributed by atoms with Gasteiger partial charge in [-0.3, -0.25) is 13.6 Å². The Labute approximate surface area is 152 Å². The van der Waals surface area contributed by atoms with Gasteiger partial charge in [0, 0.05) is 17.2 Å². The van der Waals surface area contributed by atoms with Crippen LogP contribution in [0.3, 0.4) is 0 Å². The van der Waals surface area contributed by atoms with E-state index in [4.69, 9.17) is 0 Å². The Morgan fingerprint density at radius 2 is 1.85 bits per heavy atom. The normalized spacial score (nSPS) is 12.3. The number of H-pyrrole nitrogens is 1. The lowest BCUT2D eigenvalue weighted by atomic mass is 10.0. The van der Waals surface area contributed by atoms with Gasteiger partial charge in [0.1, 0.15) is 6.33 Å². The zero-order valence-electron chi connectivity index (χ0n) is 14.0. The average molecular weight is 364 g/mol. The van der Waals surface area contributed by atoms with Gasteiger partial charge in [-0.1, -0.05) is 48.5 Å². The molecular formula is C19H16N4O2S. The van der Waals surface area contributed by atoms with Gasteiger partial charge in [0.25, 0.3) is 0 Å². The van der Waals surface area contributed by atoms with Gasteiger partial charge < -0.3 is 4.98 Å². The zero-order valence-corrected chi connectivity index (χ0v) is 14.9. The molecule has 0 aliphatic heterocycles. The number of Topliss-reactive ketones (excluding diaryl/α,β-unsaturated/α-hetero) is 1. The summed E-state index contributed by atoms with van der Waals surface area (Å²) < 4.78 is 13.3. The van der Waals surface area contributed by atoms with Crippen molar-refractivity contribution in [3.05, 3.63) is 66.5 Å². The van der Waals surface area contributed by atoms with Gasteiger partial charge in [-0.15, -0.1) is 10.2 Å². The molecule has 0 spiro atoms. The van der Waals surface area contributed by atoms with E-state index >= 15 is 0 Å². The highest BCUT2D eigenvalue weighted by molar-refractivity contribution is 7.84. The number of benzene rings is 2. The second-order valence-electron chi connectivity index (χ2n) is 5.91. The van der Waals surface area contributed by atoms with Crippen LogP contribution in [-0.4, -0.2) is 36.0 Å². The Balaban J connectivity index is 1.83. The van der Waals surface area contributed by atoms with Gasteiger partial charge in [-0.25, -0.2) is 0 Å². The maximum Gasteiger partial charge on any atom is 0.221 e. The number of hydrogen-bond donors (Lipinski definition) is 1. The molecule has 130 valence electrons. The summed E-state index contributed by atoms with van der Waals surface area (Å²) in [6.45, 7) is 0.0313. The van der Waals surface area contributed by atoms with Crippen molar-refractivity contribution in [1.29, 1.82) is 0 Å². The van der Waals surface area contributed by atoms with Crippen molar-refractivity contribution in [3.63, 3.8) is 0 Å². The smallest absolute Gasteiger partial charge is 0.221 e. The van der Waals surface area contributed by atoms with Gasteiger partial charge in [-0.2, -0.15) is 0 Å². The first kappa shape index (κ1) is 16.4. The van der Waals surface area contributed by atoms with Crippen molar-refractivity contribution in [3.8, 4) is 11.3 Å². The van der Waals surface area contributed by atoms with Crippen LogP contribution in [0.25, 0.3) is 22.2 Å². The molecule has 4 rings (SSSR count). The molecule has 1 atom stereocenters. The van der Waals surface area contributed by atoms with Crippen LogP contribution >= 0.6 is 0 Å². The van der Waals surface area contributed by atoms with Gasteiger partial charge in [-0.05, 0) is 11.6 Å². The minimum Gasteiger partial charge on any atom is -0.354 e. The molecule has 0 amide bonds. The molecule has 2 heterocycles. The van der Waals surface area contributed by atoms with Gasteiger partial charge >= 0.3 is 0 Å². The Morgan fingerprint density at radius 1 is 1.12 bits per heavy atom. The fraction of sp³-hybridized carbons (Fsp3) is 0.105. The second kappa shape index (κ2) is 6.68. The molecule has 2 aromatic heterocycles. The maximum atomic E-state index is 13.2. The fourth-order valence-corrected chi connectivity index (χ4v) is 3.67. The lowest BCUT2D eigenvalue weighted by Gasteiger charge is -2.07. The molecule has 0 fully saturated rings. The summed E-state index contributed by atoms with van der Waals surface area (Å²) in [7, 11) is -1.31. The molecule has 0 aliphatic carbocycles. The molecule has 0 unspecified atom stereocenters. The second-order valence-corrected chi connectivity index (χ2v) is 7.18. The molecule has 0 saturated carbocycles. The van der Waals surface area contributed by atoms with Crippen molar-refractivity contribution in [2.75, 3.05) is 6.26 Å². The molecular weight excluding hydrogens is 348 g/mol. The van der Waals surface area contributed by atoms with E-state index in [9.17, 15) is 9.00 Å². The molecule has 26 heavy (non-hydrogen) atoms. The predicted octanol–water partition coefficient (Wildman–Crippen LogP) is 3.05. The van der Waals surface area contributed by atoms with E-state index in [2.05, 4.69) is 15.2 Å². The van der Waals surface area contributed by atoms with Crippen LogP contribution in [-0.2, 0) is 17.3 Å². The molecule has 0 radical (unpaired) electrons. The largest absolute Gasteiger partial charge is 0.354 e. The molecule has 4 aromatic rings. The SMILES string of the molecule is C[S@@](=O)c1nncn1CC(=O)c1c(-c2ccccc2)[nH]c2ccccc12. The molecule has 0 bridgehead atoms. The summed E-state index contributed by atoms with van der Waals surface area (Å²) in [5, 5.41) is 8.78. The Bertz CT molecular complexity index is 1110. The summed E-state index contributed by atoms with van der Waals surface area (Å²) >= 11 is 0. The molecule has 7 heteroatoms. The van der Waals surface area contributed by atoms with Crippen molar-refractivity contribution >= 4 is 27.5 Å². The number of aromatic nitrogens is 4. The molecule has 2 aromatic carbocycles. The first-order valence-electron chi connectivity index (χ1n) is 8.05. The van der Waals surface area contributed by atoms with E-state index < -0.39 is 10.8 Å². The molecule has 0 aliphatic rings. The monoisotopic (exact) mass is 364 g/mol. The lowest BCUT2D eigenvalue weighted by molar-refractivity contribution is 0.0971. The summed E-state index contributed by atoms with van der Waals surface area (Å²) in [5.41, 5.74) is 3.24. The van der Waals surface area contributed by atoms with Crippen LogP contribution in [0.2, 0.25) is 0 Å². The summed E-state index contributed by atoms with van der Waals surface area (Å²) in [4.78, 5) is 16.5. The summed E-state index contributed by atoms with van der Waals surface area (Å²) in [5.74, 6) is -0.0900. The average Bonchev–Trinajstić information content (AvgIpc) is 3.26. The van der Waals surface area contributed by atoms with Gasteiger partial charge in [0.05, 0.1) is 28.6 Å². The Morgan fingerprint density at radius 3 is 2.62 bits per heavy atom. The number of nitrogens with one attached hydrogen (secondary N) is 1. The minimum atomic E-state index is -1.31. The highest BCUT2D eigenvalue weighted by atomic mass is 32.2. The summed E-state index contributed by atoms with van der Waals surface area (Å²) in [6, 6.07) is 17.5. The topological polar surface area (TPSA) is 80.6 Å². The van der Waals surface area contributed by atoms with E-state index in [1.807, 2.05) is 54.6 Å². The Hall–Kier alpha value is -3.06. The number of hydrogen-bond acceptors (Lipinski definition) is 4. The van der Waals surface area contributed by atoms with Crippen LogP contribution in [0.1, 0.15) is 10.4 Å². The molecule has 6 nitrogen and oxygen atoms in total. The van der Waals surface area contributed by atoms with Gasteiger partial charge in [0.15, 0.2) is 5.78 Å². The maximum absolute atomic E-state index is 13.2. The summed E-state index contributed by atoms with van der Waals surface area (Å²) in [6.07, 6.45) is 2.96. The van der Waals surface area contributed by atoms with E-state index in [-0.39, 0.29) is 12.3 Å². The van der Waals surface area contributed by atoms with Crippen LogP contribution < -0.4 is 0 Å². The number of nitrogens with zero attached hydrogens (tertiary/aromatic N) is 3. The van der Waals surface area contributed by atoms with Crippen LogP contribution in [0, 0.1) is 0 Å². The number of rotatable bonds is 5. The number of para-hydroxylation sites is 1. The number of carbonyl (C=O) groups excluding carboxylic acids is 1. The van der Waals surface area contributed by atoms with Crippen molar-refractivity contribution in [2.45, 2.75) is 11.7 Å². The van der Waals surface area contributed by atoms with E-state index in [0.29, 0.717) is 10.7 Å². The first-order valence-corrected chi connectivity index (χ1v) is 9.61. The predicted molar refractivity (Wildman–Crippen MR) is 100 cm³/mol. The highest BCUT2D eigenvalue weighted by Gasteiger charge is 2.21. The molecule has 0 saturated heterocycles. The number of fused-ring (bicyclic) bond motifs is 1. The van der Waals surface area contributed by atoms with Gasteiger partial charge in [0.2, 0.25) is 5.16 Å². The van der Waals surface area contributed by atoms with Crippen molar-refractivity contribution in [1.82, 2.24) is 19.7 Å². The number of carbonyl (C=O) groups is 1. The third-order valence-electron chi connectivity index (χ3n) is 4.20.